The van der Waals surface area contributed by atoms with Gasteiger partial charge in [0.25, 0.3) is 5.91 Å². The minimum Gasteiger partial charge on any atom is -0.452 e. The molecule has 0 aliphatic carbocycles. The summed E-state index contributed by atoms with van der Waals surface area (Å²) in [7, 11) is 1.84. The molecule has 1 aromatic heterocycles. The van der Waals surface area contributed by atoms with E-state index in [1.165, 1.54) is 6.08 Å². The van der Waals surface area contributed by atoms with Crippen molar-refractivity contribution in [2.24, 2.45) is 7.05 Å². The first-order chi connectivity index (χ1) is 11.0. The average Bonchev–Trinajstić information content (AvgIpc) is 2.77. The van der Waals surface area contributed by atoms with Gasteiger partial charge in [-0.15, -0.1) is 0 Å². The Kier molecular flexibility index (Phi) is 5.30. The van der Waals surface area contributed by atoms with Gasteiger partial charge in [0.05, 0.1) is 5.69 Å². The Labute approximate surface area is 134 Å². The van der Waals surface area contributed by atoms with E-state index in [0.29, 0.717) is 5.69 Å². The molecule has 1 aromatic carbocycles. The molecule has 0 saturated heterocycles. The number of nitrogens with one attached hydrogen (secondary N) is 1. The van der Waals surface area contributed by atoms with Crippen molar-refractivity contribution in [1.82, 2.24) is 9.78 Å². The highest BCUT2D eigenvalue weighted by Gasteiger charge is 2.08. The maximum Gasteiger partial charge on any atom is 0.331 e. The van der Waals surface area contributed by atoms with Gasteiger partial charge in [0.1, 0.15) is 0 Å². The quantitative estimate of drug-likeness (QED) is 0.678. The summed E-state index contributed by atoms with van der Waals surface area (Å²) in [6, 6.07) is 8.98. The van der Waals surface area contributed by atoms with Crippen LogP contribution < -0.4 is 5.32 Å². The third-order valence-electron chi connectivity index (χ3n) is 3.35. The van der Waals surface area contributed by atoms with Gasteiger partial charge in [-0.2, -0.15) is 5.10 Å². The maximum atomic E-state index is 11.7. The van der Waals surface area contributed by atoms with Crippen LogP contribution in [0.25, 0.3) is 6.08 Å². The molecule has 120 valence electrons. The number of carbonyl (C=O) groups is 2. The molecule has 0 radical (unpaired) electrons. The third kappa shape index (κ3) is 4.54. The molecule has 1 N–H and O–H groups in total. The van der Waals surface area contributed by atoms with E-state index >= 15 is 0 Å². The fourth-order valence-electron chi connectivity index (χ4n) is 2.09. The summed E-state index contributed by atoms with van der Waals surface area (Å²) >= 11 is 0. The van der Waals surface area contributed by atoms with Crippen LogP contribution in [0.2, 0.25) is 0 Å². The van der Waals surface area contributed by atoms with E-state index in [1.807, 2.05) is 39.1 Å². The van der Waals surface area contributed by atoms with Crippen LogP contribution in [0.4, 0.5) is 5.69 Å². The number of anilines is 1. The van der Waals surface area contributed by atoms with Crippen molar-refractivity contribution in [2.45, 2.75) is 13.8 Å². The van der Waals surface area contributed by atoms with Crippen molar-refractivity contribution in [1.29, 1.82) is 0 Å². The molecule has 0 spiro atoms. The van der Waals surface area contributed by atoms with E-state index in [2.05, 4.69) is 10.4 Å². The molecule has 0 atom stereocenters. The second-order valence-corrected chi connectivity index (χ2v) is 5.06. The van der Waals surface area contributed by atoms with Crippen molar-refractivity contribution < 1.29 is 14.3 Å². The number of ether oxygens (including phenoxy) is 1. The molecule has 0 unspecified atom stereocenters. The monoisotopic (exact) mass is 313 g/mol. The van der Waals surface area contributed by atoms with E-state index in [1.54, 1.807) is 22.9 Å². The molecule has 0 aliphatic rings. The highest BCUT2D eigenvalue weighted by atomic mass is 16.5. The van der Waals surface area contributed by atoms with Crippen molar-refractivity contribution in [2.75, 3.05) is 11.9 Å². The van der Waals surface area contributed by atoms with E-state index < -0.39 is 5.97 Å². The van der Waals surface area contributed by atoms with Crippen molar-refractivity contribution >= 4 is 23.6 Å². The second kappa shape index (κ2) is 7.40. The number of para-hydroxylation sites is 1. The highest BCUT2D eigenvalue weighted by molar-refractivity contribution is 5.94. The van der Waals surface area contributed by atoms with Gasteiger partial charge in [0, 0.05) is 30.1 Å². The minimum atomic E-state index is -0.573. The number of hydrogen-bond donors (Lipinski definition) is 1. The van der Waals surface area contributed by atoms with Crippen molar-refractivity contribution in [3.63, 3.8) is 0 Å². The number of aryl methyl sites for hydroxylation is 2. The van der Waals surface area contributed by atoms with Crippen LogP contribution in [0.5, 0.6) is 0 Å². The zero-order valence-electron chi connectivity index (χ0n) is 13.4. The summed E-state index contributed by atoms with van der Waals surface area (Å²) in [6.07, 6.45) is 2.95. The second-order valence-electron chi connectivity index (χ2n) is 5.06. The summed E-state index contributed by atoms with van der Waals surface area (Å²) in [6.45, 7) is 3.45. The van der Waals surface area contributed by atoms with Crippen LogP contribution in [0.15, 0.2) is 36.4 Å². The van der Waals surface area contributed by atoms with E-state index in [9.17, 15) is 9.59 Å². The van der Waals surface area contributed by atoms with E-state index in [0.717, 1.165) is 17.0 Å². The molecule has 1 amide bonds. The molecular formula is C17H19N3O3. The van der Waals surface area contributed by atoms with Gasteiger partial charge in [-0.1, -0.05) is 18.2 Å². The van der Waals surface area contributed by atoms with Gasteiger partial charge in [-0.3, -0.25) is 9.48 Å². The van der Waals surface area contributed by atoms with Crippen molar-refractivity contribution in [3.8, 4) is 0 Å². The molecule has 1 heterocycles. The van der Waals surface area contributed by atoms with Crippen molar-refractivity contribution in [3.05, 3.63) is 53.4 Å². The zero-order chi connectivity index (χ0) is 16.8. The number of benzene rings is 1. The minimum absolute atomic E-state index is 0.330. The van der Waals surface area contributed by atoms with Crippen LogP contribution in [0.1, 0.15) is 17.0 Å². The topological polar surface area (TPSA) is 73.2 Å². The molecule has 0 saturated carbocycles. The fraction of sp³-hybridized carbons (Fsp3) is 0.235. The van der Waals surface area contributed by atoms with Gasteiger partial charge >= 0.3 is 5.97 Å². The fourth-order valence-corrected chi connectivity index (χ4v) is 2.09. The lowest BCUT2D eigenvalue weighted by atomic mass is 10.2. The normalized spacial score (nSPS) is 10.7. The van der Waals surface area contributed by atoms with Crippen LogP contribution in [0.3, 0.4) is 0 Å². The Morgan fingerprint density at radius 2 is 1.96 bits per heavy atom. The summed E-state index contributed by atoms with van der Waals surface area (Å²) in [5.74, 6) is -0.956. The van der Waals surface area contributed by atoms with Crippen LogP contribution in [-0.2, 0) is 21.4 Å². The summed E-state index contributed by atoms with van der Waals surface area (Å²) < 4.78 is 6.66. The molecule has 0 fully saturated rings. The van der Waals surface area contributed by atoms with Gasteiger partial charge in [0.2, 0.25) is 0 Å². The Morgan fingerprint density at radius 1 is 1.26 bits per heavy atom. The number of rotatable bonds is 5. The van der Waals surface area contributed by atoms with Gasteiger partial charge in [0.15, 0.2) is 6.61 Å². The first kappa shape index (κ1) is 16.5. The number of carbonyl (C=O) groups excluding carboxylic acids is 2. The number of amides is 1. The average molecular weight is 313 g/mol. The molecule has 23 heavy (non-hydrogen) atoms. The standard InChI is InChI=1S/C17H19N3O3/c1-12-15(13(2)20(3)19-12)9-10-17(22)23-11-16(21)18-14-7-5-4-6-8-14/h4-10H,11H2,1-3H3,(H,18,21)/b10-9+. The predicted octanol–water partition coefficient (Wildman–Crippen LogP) is 2.23. The third-order valence-corrected chi connectivity index (χ3v) is 3.35. The molecule has 6 heteroatoms. The Bertz CT molecular complexity index is 733. The van der Waals surface area contributed by atoms with Crippen LogP contribution in [0, 0.1) is 13.8 Å². The Hall–Kier alpha value is -2.89. The van der Waals surface area contributed by atoms with Crippen LogP contribution >= 0.6 is 0 Å². The highest BCUT2D eigenvalue weighted by Crippen LogP contribution is 2.13. The summed E-state index contributed by atoms with van der Waals surface area (Å²) in [4.78, 5) is 23.4. The molecule has 0 aliphatic heterocycles. The molecule has 2 aromatic rings. The number of nitrogens with zero attached hydrogens (tertiary/aromatic N) is 2. The smallest absolute Gasteiger partial charge is 0.331 e. The molecule has 6 nitrogen and oxygen atoms in total. The molecule has 0 bridgehead atoms. The maximum absolute atomic E-state index is 11.7. The first-order valence-electron chi connectivity index (χ1n) is 7.17. The lowest BCUT2D eigenvalue weighted by molar-refractivity contribution is -0.142. The van der Waals surface area contributed by atoms with E-state index in [4.69, 9.17) is 4.74 Å². The number of aromatic nitrogens is 2. The van der Waals surface area contributed by atoms with E-state index in [-0.39, 0.29) is 12.5 Å². The Morgan fingerprint density at radius 3 is 2.57 bits per heavy atom. The lowest BCUT2D eigenvalue weighted by Crippen LogP contribution is -2.20. The molecule has 2 rings (SSSR count). The summed E-state index contributed by atoms with van der Waals surface area (Å²) in [5, 5.41) is 6.90. The largest absolute Gasteiger partial charge is 0.452 e. The van der Waals surface area contributed by atoms with Gasteiger partial charge < -0.3 is 10.1 Å². The number of hydrogen-bond acceptors (Lipinski definition) is 4. The lowest BCUT2D eigenvalue weighted by Gasteiger charge is -2.04. The Balaban J connectivity index is 1.85. The predicted molar refractivity (Wildman–Crippen MR) is 87.7 cm³/mol. The van der Waals surface area contributed by atoms with Crippen LogP contribution in [-0.4, -0.2) is 28.3 Å². The SMILES string of the molecule is Cc1nn(C)c(C)c1/C=C/C(=O)OCC(=O)Nc1ccccc1. The first-order valence-corrected chi connectivity index (χ1v) is 7.17. The summed E-state index contributed by atoms with van der Waals surface area (Å²) in [5.41, 5.74) is 3.31. The zero-order valence-corrected chi connectivity index (χ0v) is 13.4. The van der Waals surface area contributed by atoms with Gasteiger partial charge in [-0.25, -0.2) is 4.79 Å². The van der Waals surface area contributed by atoms with Gasteiger partial charge in [-0.05, 0) is 32.1 Å². The number of esters is 1. The molecular weight excluding hydrogens is 294 g/mol.